The Hall–Kier alpha value is -4.58. The van der Waals surface area contributed by atoms with Gasteiger partial charge in [0.1, 0.15) is 29.1 Å². The average Bonchev–Trinajstić information content (AvgIpc) is 3.34. The Balaban J connectivity index is 0.000000159. The smallest absolute Gasteiger partial charge is 0.183 e. The number of carbonyl (C=O) groups is 2. The van der Waals surface area contributed by atoms with Gasteiger partial charge in [-0.2, -0.15) is 0 Å². The molecule has 0 bridgehead atoms. The van der Waals surface area contributed by atoms with E-state index in [1.54, 1.807) is 20.3 Å². The molecule has 1 aliphatic carbocycles. The summed E-state index contributed by atoms with van der Waals surface area (Å²) in [6.07, 6.45) is 5.68. The van der Waals surface area contributed by atoms with Gasteiger partial charge in [-0.05, 0) is 42.0 Å². The lowest BCUT2D eigenvalue weighted by Gasteiger charge is -2.28. The zero-order valence-electron chi connectivity index (χ0n) is 21.3. The van der Waals surface area contributed by atoms with E-state index in [0.29, 0.717) is 12.2 Å². The molecule has 6 rings (SSSR count). The van der Waals surface area contributed by atoms with Crippen LogP contribution in [-0.4, -0.2) is 32.4 Å². The zero-order valence-corrected chi connectivity index (χ0v) is 21.3. The van der Waals surface area contributed by atoms with Crippen LogP contribution >= 0.6 is 0 Å². The number of rotatable bonds is 5. The van der Waals surface area contributed by atoms with E-state index in [0.717, 1.165) is 34.1 Å². The number of carbonyl (C=O) groups excluding carboxylic acids is 2. The van der Waals surface area contributed by atoms with Gasteiger partial charge in [-0.3, -0.25) is 9.59 Å². The second-order valence-corrected chi connectivity index (χ2v) is 9.09. The van der Waals surface area contributed by atoms with Gasteiger partial charge in [-0.15, -0.1) is 6.58 Å². The van der Waals surface area contributed by atoms with Crippen LogP contribution < -0.4 is 18.9 Å². The number of fused-ring (bicyclic) bond motifs is 5. The molecule has 0 spiro atoms. The summed E-state index contributed by atoms with van der Waals surface area (Å²) in [6, 6.07) is 21.4. The fraction of sp³-hybridized carbons (Fsp3) is 0.188. The van der Waals surface area contributed by atoms with Crippen molar-refractivity contribution in [2.24, 2.45) is 0 Å². The largest absolute Gasteiger partial charge is 0.497 e. The van der Waals surface area contributed by atoms with E-state index in [2.05, 4.69) is 12.6 Å². The van der Waals surface area contributed by atoms with Crippen molar-refractivity contribution in [2.45, 2.75) is 17.9 Å². The summed E-state index contributed by atoms with van der Waals surface area (Å²) in [5, 5.41) is 0. The molecule has 0 amide bonds. The molecule has 6 heteroatoms. The first-order valence-electron chi connectivity index (χ1n) is 12.3. The molecule has 0 N–H and O–H groups in total. The molecule has 3 aromatic rings. The molecule has 0 fully saturated rings. The maximum Gasteiger partial charge on any atom is 0.183 e. The normalized spacial score (nSPS) is 19.3. The molecule has 3 atom stereocenters. The van der Waals surface area contributed by atoms with E-state index in [4.69, 9.17) is 18.9 Å². The predicted molar refractivity (Wildman–Crippen MR) is 144 cm³/mol. The minimum Gasteiger partial charge on any atom is -0.497 e. The highest BCUT2D eigenvalue weighted by atomic mass is 16.5. The Bertz CT molecular complexity index is 1440. The van der Waals surface area contributed by atoms with Crippen LogP contribution in [0.5, 0.6) is 23.0 Å². The first kappa shape index (κ1) is 25.1. The van der Waals surface area contributed by atoms with Crippen LogP contribution in [-0.2, 0) is 9.59 Å². The summed E-state index contributed by atoms with van der Waals surface area (Å²) in [5.74, 6) is 3.06. The van der Waals surface area contributed by atoms with Crippen LogP contribution in [0.4, 0.5) is 0 Å². The molecule has 0 saturated heterocycles. The highest BCUT2D eigenvalue weighted by molar-refractivity contribution is 6.18. The van der Waals surface area contributed by atoms with Gasteiger partial charge in [0.15, 0.2) is 11.6 Å². The average molecular weight is 509 g/mol. The lowest BCUT2D eigenvalue weighted by molar-refractivity contribution is -0.114. The fourth-order valence-electron chi connectivity index (χ4n) is 4.94. The van der Waals surface area contributed by atoms with Crippen molar-refractivity contribution in [3.05, 3.63) is 120 Å². The fourth-order valence-corrected chi connectivity index (χ4v) is 4.94. The van der Waals surface area contributed by atoms with Crippen LogP contribution in [0.15, 0.2) is 103 Å². The van der Waals surface area contributed by atoms with Gasteiger partial charge in [0.05, 0.1) is 26.7 Å². The van der Waals surface area contributed by atoms with E-state index in [-0.39, 0.29) is 29.5 Å². The van der Waals surface area contributed by atoms with Gasteiger partial charge in [0.25, 0.3) is 0 Å². The number of hydrogen-bond donors (Lipinski definition) is 0. The molecule has 6 nitrogen and oxygen atoms in total. The van der Waals surface area contributed by atoms with Crippen LogP contribution in [0, 0.1) is 0 Å². The first-order chi connectivity index (χ1) is 18.5. The third-order valence-corrected chi connectivity index (χ3v) is 6.90. The molecular weight excluding hydrogens is 480 g/mol. The molecule has 38 heavy (non-hydrogen) atoms. The summed E-state index contributed by atoms with van der Waals surface area (Å²) in [5.41, 5.74) is 3.70. The molecule has 2 aliphatic heterocycles. The van der Waals surface area contributed by atoms with Crippen LogP contribution in [0.1, 0.15) is 34.6 Å². The third kappa shape index (κ3) is 4.85. The predicted octanol–water partition coefficient (Wildman–Crippen LogP) is 5.90. The van der Waals surface area contributed by atoms with Gasteiger partial charge in [0.2, 0.25) is 0 Å². The van der Waals surface area contributed by atoms with Crippen molar-refractivity contribution < 1.29 is 28.5 Å². The van der Waals surface area contributed by atoms with E-state index < -0.39 is 0 Å². The summed E-state index contributed by atoms with van der Waals surface area (Å²) >= 11 is 0. The van der Waals surface area contributed by atoms with E-state index in [1.807, 2.05) is 60.7 Å². The molecule has 192 valence electrons. The Kier molecular flexibility index (Phi) is 7.13. The van der Waals surface area contributed by atoms with Crippen LogP contribution in [0.25, 0.3) is 0 Å². The van der Waals surface area contributed by atoms with Gasteiger partial charge >= 0.3 is 0 Å². The Morgan fingerprint density at radius 1 is 0.895 bits per heavy atom. The monoisotopic (exact) mass is 508 g/mol. The quantitative estimate of drug-likeness (QED) is 0.316. The number of allylic oxidation sites excluding steroid dienone is 5. The van der Waals surface area contributed by atoms with E-state index in [9.17, 15) is 9.59 Å². The van der Waals surface area contributed by atoms with Crippen LogP contribution in [0.3, 0.4) is 0 Å². The van der Waals surface area contributed by atoms with E-state index in [1.165, 1.54) is 23.8 Å². The summed E-state index contributed by atoms with van der Waals surface area (Å²) < 4.78 is 22.6. The molecular formula is C32H28O6. The Morgan fingerprint density at radius 2 is 1.58 bits per heavy atom. The van der Waals surface area contributed by atoms with Gasteiger partial charge in [-0.25, -0.2) is 0 Å². The van der Waals surface area contributed by atoms with Crippen molar-refractivity contribution >= 4 is 11.6 Å². The highest BCUT2D eigenvalue weighted by Crippen LogP contribution is 2.52. The number of benzene rings is 3. The molecule has 2 heterocycles. The summed E-state index contributed by atoms with van der Waals surface area (Å²) in [6.45, 7) is 4.36. The number of ether oxygens (including phenoxy) is 4. The topological polar surface area (TPSA) is 71.1 Å². The SMILES string of the molecule is C=CC(C1=CC(=O)C=CC1=O)c1ccccc1.COc1ccc2c(c1)OC1c3ccc(OC)cc3OCC21. The Labute approximate surface area is 221 Å². The molecule has 3 aromatic carbocycles. The van der Waals surface area contributed by atoms with Crippen molar-refractivity contribution in [3.63, 3.8) is 0 Å². The van der Waals surface area contributed by atoms with Gasteiger partial charge in [-0.1, -0.05) is 42.5 Å². The number of methoxy groups -OCH3 is 2. The molecule has 0 radical (unpaired) electrons. The van der Waals surface area contributed by atoms with Gasteiger partial charge < -0.3 is 18.9 Å². The van der Waals surface area contributed by atoms with Crippen molar-refractivity contribution in [1.82, 2.24) is 0 Å². The lowest BCUT2D eigenvalue weighted by atomic mass is 9.86. The third-order valence-electron chi connectivity index (χ3n) is 6.90. The number of hydrogen-bond acceptors (Lipinski definition) is 6. The second kappa shape index (κ2) is 10.8. The minimum absolute atomic E-state index is 0.00163. The maximum absolute atomic E-state index is 11.8. The maximum atomic E-state index is 11.8. The first-order valence-corrected chi connectivity index (χ1v) is 12.3. The van der Waals surface area contributed by atoms with E-state index >= 15 is 0 Å². The molecule has 0 saturated carbocycles. The van der Waals surface area contributed by atoms with Crippen molar-refractivity contribution in [1.29, 1.82) is 0 Å². The lowest BCUT2D eigenvalue weighted by Crippen LogP contribution is -2.23. The zero-order chi connectivity index (χ0) is 26.6. The van der Waals surface area contributed by atoms with Gasteiger partial charge in [0, 0.05) is 34.8 Å². The number of ketones is 2. The second-order valence-electron chi connectivity index (χ2n) is 9.09. The van der Waals surface area contributed by atoms with Crippen molar-refractivity contribution in [3.8, 4) is 23.0 Å². The summed E-state index contributed by atoms with van der Waals surface area (Å²) in [7, 11) is 3.32. The summed E-state index contributed by atoms with van der Waals surface area (Å²) in [4.78, 5) is 23.1. The standard InChI is InChI=1S/C17H16O4.C15H12O2/c1-18-10-4-6-13-15(7-10)20-9-14-12-5-3-11(19-2)8-16(12)21-17(13)14;1-2-13(11-6-4-3-5-7-11)14-10-12(16)8-9-15(14)17/h3-8,14,17H,9H2,1-2H3;2-10,13H,1H2. The van der Waals surface area contributed by atoms with Crippen LogP contribution in [0.2, 0.25) is 0 Å². The molecule has 3 aliphatic rings. The van der Waals surface area contributed by atoms with Crippen molar-refractivity contribution in [2.75, 3.05) is 20.8 Å². The molecule has 0 aromatic heterocycles. The minimum atomic E-state index is -0.224. The Morgan fingerprint density at radius 3 is 2.26 bits per heavy atom. The highest BCUT2D eigenvalue weighted by Gasteiger charge is 2.40. The molecule has 3 unspecified atom stereocenters.